The maximum atomic E-state index is 11.8. The molecular formula is C15H18N4O2. The Bertz CT molecular complexity index is 615. The van der Waals surface area contributed by atoms with E-state index >= 15 is 0 Å². The number of carbonyl (C=O) groups excluding carboxylic acids is 2. The molecule has 0 radical (unpaired) electrons. The highest BCUT2D eigenvalue weighted by Crippen LogP contribution is 2.08. The fraction of sp³-hybridized carbons (Fsp3) is 0.267. The predicted octanol–water partition coefficient (Wildman–Crippen LogP) is 1.07. The van der Waals surface area contributed by atoms with Crippen molar-refractivity contribution in [2.75, 3.05) is 6.54 Å². The molecule has 0 atom stereocenters. The van der Waals surface area contributed by atoms with Crippen molar-refractivity contribution in [3.05, 3.63) is 52.8 Å². The Balaban J connectivity index is 1.79. The van der Waals surface area contributed by atoms with Gasteiger partial charge < -0.3 is 10.6 Å². The summed E-state index contributed by atoms with van der Waals surface area (Å²) in [6, 6.07) is 8.79. The lowest BCUT2D eigenvalue weighted by atomic mass is 10.2. The third-order valence-electron chi connectivity index (χ3n) is 3.19. The van der Waals surface area contributed by atoms with E-state index in [0.29, 0.717) is 12.1 Å². The molecule has 0 bridgehead atoms. The molecule has 2 rings (SSSR count). The minimum absolute atomic E-state index is 0.0519. The van der Waals surface area contributed by atoms with E-state index in [9.17, 15) is 9.59 Å². The zero-order valence-electron chi connectivity index (χ0n) is 12.1. The molecule has 3 N–H and O–H groups in total. The zero-order chi connectivity index (χ0) is 15.2. The van der Waals surface area contributed by atoms with Gasteiger partial charge in [-0.05, 0) is 26.0 Å². The van der Waals surface area contributed by atoms with Gasteiger partial charge in [0.05, 0.1) is 12.2 Å². The molecule has 0 unspecified atom stereocenters. The van der Waals surface area contributed by atoms with E-state index in [-0.39, 0.29) is 18.4 Å². The van der Waals surface area contributed by atoms with Crippen LogP contribution >= 0.6 is 0 Å². The number of nitrogens with one attached hydrogen (secondary N) is 3. The van der Waals surface area contributed by atoms with E-state index in [2.05, 4.69) is 20.8 Å². The maximum Gasteiger partial charge on any atom is 0.251 e. The van der Waals surface area contributed by atoms with E-state index in [1.165, 1.54) is 0 Å². The summed E-state index contributed by atoms with van der Waals surface area (Å²) in [4.78, 5) is 23.5. The van der Waals surface area contributed by atoms with Crippen molar-refractivity contribution < 1.29 is 9.59 Å². The Labute approximate surface area is 122 Å². The molecule has 0 fully saturated rings. The molecule has 2 aromatic rings. The molecule has 0 aliphatic carbocycles. The molecular weight excluding hydrogens is 268 g/mol. The van der Waals surface area contributed by atoms with Gasteiger partial charge in [0.2, 0.25) is 5.91 Å². The van der Waals surface area contributed by atoms with Crippen LogP contribution in [-0.4, -0.2) is 28.6 Å². The van der Waals surface area contributed by atoms with E-state index in [1.807, 2.05) is 19.9 Å². The summed E-state index contributed by atoms with van der Waals surface area (Å²) < 4.78 is 0. The number of hydrogen-bond acceptors (Lipinski definition) is 3. The first-order valence-corrected chi connectivity index (χ1v) is 6.68. The molecule has 6 heteroatoms. The van der Waals surface area contributed by atoms with Crippen LogP contribution in [0.1, 0.15) is 27.3 Å². The summed E-state index contributed by atoms with van der Waals surface area (Å²) >= 11 is 0. The minimum Gasteiger partial charge on any atom is -0.350 e. The molecule has 6 nitrogen and oxygen atoms in total. The number of benzene rings is 1. The predicted molar refractivity (Wildman–Crippen MR) is 78.7 cm³/mol. The summed E-state index contributed by atoms with van der Waals surface area (Å²) in [6.45, 7) is 4.12. The van der Waals surface area contributed by atoms with Gasteiger partial charge in [-0.2, -0.15) is 5.10 Å². The number of aryl methyl sites for hydroxylation is 2. The van der Waals surface area contributed by atoms with E-state index < -0.39 is 0 Å². The standard InChI is InChI=1S/C15H18N4O2/c1-10-13(11(2)19-18-10)8-16-14(20)9-17-15(21)12-6-4-3-5-7-12/h3-7H,8-9H2,1-2H3,(H,16,20)(H,17,21)(H,18,19). The molecule has 0 spiro atoms. The molecule has 0 saturated heterocycles. The number of H-pyrrole nitrogens is 1. The van der Waals surface area contributed by atoms with Crippen LogP contribution in [0, 0.1) is 13.8 Å². The fourth-order valence-corrected chi connectivity index (χ4v) is 1.94. The third-order valence-corrected chi connectivity index (χ3v) is 3.19. The van der Waals surface area contributed by atoms with Gasteiger partial charge in [-0.25, -0.2) is 0 Å². The van der Waals surface area contributed by atoms with Crippen molar-refractivity contribution in [2.24, 2.45) is 0 Å². The van der Waals surface area contributed by atoms with E-state index in [1.54, 1.807) is 24.3 Å². The molecule has 2 amide bonds. The number of hydrogen-bond donors (Lipinski definition) is 3. The average Bonchev–Trinajstić information content (AvgIpc) is 2.82. The highest BCUT2D eigenvalue weighted by atomic mass is 16.2. The number of amides is 2. The molecule has 1 aromatic carbocycles. The number of nitrogens with zero attached hydrogens (tertiary/aromatic N) is 1. The number of aromatic amines is 1. The van der Waals surface area contributed by atoms with Crippen LogP contribution in [0.25, 0.3) is 0 Å². The van der Waals surface area contributed by atoms with Crippen molar-refractivity contribution in [2.45, 2.75) is 20.4 Å². The van der Waals surface area contributed by atoms with Crippen molar-refractivity contribution in [1.29, 1.82) is 0 Å². The highest BCUT2D eigenvalue weighted by molar-refractivity contribution is 5.96. The van der Waals surface area contributed by atoms with Gasteiger partial charge in [0, 0.05) is 23.4 Å². The second-order valence-corrected chi connectivity index (χ2v) is 4.74. The lowest BCUT2D eigenvalue weighted by Gasteiger charge is -2.07. The monoisotopic (exact) mass is 286 g/mol. The van der Waals surface area contributed by atoms with Crippen LogP contribution in [0.4, 0.5) is 0 Å². The van der Waals surface area contributed by atoms with E-state index in [0.717, 1.165) is 17.0 Å². The van der Waals surface area contributed by atoms with Gasteiger partial charge in [0.15, 0.2) is 0 Å². The van der Waals surface area contributed by atoms with Gasteiger partial charge >= 0.3 is 0 Å². The molecule has 0 saturated carbocycles. The second-order valence-electron chi connectivity index (χ2n) is 4.74. The van der Waals surface area contributed by atoms with Crippen LogP contribution in [0.5, 0.6) is 0 Å². The normalized spacial score (nSPS) is 10.2. The summed E-state index contributed by atoms with van der Waals surface area (Å²) in [5, 5.41) is 12.3. The van der Waals surface area contributed by atoms with Crippen molar-refractivity contribution in [1.82, 2.24) is 20.8 Å². The van der Waals surface area contributed by atoms with E-state index in [4.69, 9.17) is 0 Å². The topological polar surface area (TPSA) is 86.9 Å². The van der Waals surface area contributed by atoms with Crippen molar-refractivity contribution in [3.63, 3.8) is 0 Å². The van der Waals surface area contributed by atoms with Crippen LogP contribution in [0.15, 0.2) is 30.3 Å². The zero-order valence-corrected chi connectivity index (χ0v) is 12.1. The summed E-state index contributed by atoms with van der Waals surface area (Å²) in [7, 11) is 0. The van der Waals surface area contributed by atoms with Crippen LogP contribution in [-0.2, 0) is 11.3 Å². The molecule has 0 aliphatic rings. The van der Waals surface area contributed by atoms with Gasteiger partial charge in [0.1, 0.15) is 0 Å². The SMILES string of the molecule is Cc1n[nH]c(C)c1CNC(=O)CNC(=O)c1ccccc1. The van der Waals surface area contributed by atoms with Crippen LogP contribution < -0.4 is 10.6 Å². The Hall–Kier alpha value is -2.63. The molecule has 1 heterocycles. The Morgan fingerprint density at radius 2 is 1.86 bits per heavy atom. The molecule has 0 aliphatic heterocycles. The molecule has 110 valence electrons. The van der Waals surface area contributed by atoms with Crippen molar-refractivity contribution >= 4 is 11.8 Å². The number of aromatic nitrogens is 2. The summed E-state index contributed by atoms with van der Waals surface area (Å²) in [5.74, 6) is -0.499. The number of rotatable bonds is 5. The Kier molecular flexibility index (Phi) is 4.71. The summed E-state index contributed by atoms with van der Waals surface area (Å²) in [6.07, 6.45) is 0. The van der Waals surface area contributed by atoms with Crippen molar-refractivity contribution in [3.8, 4) is 0 Å². The average molecular weight is 286 g/mol. The summed E-state index contributed by atoms with van der Waals surface area (Å²) in [5.41, 5.74) is 3.30. The Morgan fingerprint density at radius 1 is 1.14 bits per heavy atom. The van der Waals surface area contributed by atoms with Gasteiger partial charge in [-0.1, -0.05) is 18.2 Å². The largest absolute Gasteiger partial charge is 0.350 e. The Morgan fingerprint density at radius 3 is 2.48 bits per heavy atom. The first kappa shape index (κ1) is 14.8. The first-order chi connectivity index (χ1) is 10.1. The lowest BCUT2D eigenvalue weighted by molar-refractivity contribution is -0.120. The maximum absolute atomic E-state index is 11.8. The quantitative estimate of drug-likeness (QED) is 0.768. The lowest BCUT2D eigenvalue weighted by Crippen LogP contribution is -2.36. The smallest absolute Gasteiger partial charge is 0.251 e. The highest BCUT2D eigenvalue weighted by Gasteiger charge is 2.10. The second kappa shape index (κ2) is 6.69. The van der Waals surface area contributed by atoms with Gasteiger partial charge in [0.25, 0.3) is 5.91 Å². The van der Waals surface area contributed by atoms with Gasteiger partial charge in [-0.3, -0.25) is 14.7 Å². The first-order valence-electron chi connectivity index (χ1n) is 6.68. The van der Waals surface area contributed by atoms with Crippen LogP contribution in [0.2, 0.25) is 0 Å². The number of carbonyl (C=O) groups is 2. The van der Waals surface area contributed by atoms with Crippen LogP contribution in [0.3, 0.4) is 0 Å². The molecule has 1 aromatic heterocycles. The third kappa shape index (κ3) is 3.92. The minimum atomic E-state index is -0.263. The fourth-order valence-electron chi connectivity index (χ4n) is 1.94. The molecule has 21 heavy (non-hydrogen) atoms. The van der Waals surface area contributed by atoms with Gasteiger partial charge in [-0.15, -0.1) is 0 Å².